The molecule has 0 atom stereocenters. The van der Waals surface area contributed by atoms with Gasteiger partial charge >= 0.3 is 0 Å². The summed E-state index contributed by atoms with van der Waals surface area (Å²) in [5.41, 5.74) is 7.67. The molecule has 3 rings (SSSR count). The third-order valence-electron chi connectivity index (χ3n) is 4.53. The van der Waals surface area contributed by atoms with Gasteiger partial charge in [0.2, 0.25) is 0 Å². The Labute approximate surface area is 141 Å². The fraction of sp³-hybridized carbons (Fsp3) is 0.444. The van der Waals surface area contributed by atoms with Crippen molar-refractivity contribution in [3.8, 4) is 23.0 Å². The Kier molecular flexibility index (Phi) is 4.57. The Morgan fingerprint density at radius 2 is 2.04 bits per heavy atom. The van der Waals surface area contributed by atoms with Gasteiger partial charge in [-0.05, 0) is 31.4 Å². The maximum atomic E-state index is 6.41. The normalized spacial score (nSPS) is 16.1. The second-order valence-electron chi connectivity index (χ2n) is 6.15. The van der Waals surface area contributed by atoms with Gasteiger partial charge in [0, 0.05) is 11.1 Å². The summed E-state index contributed by atoms with van der Waals surface area (Å²) in [6.45, 7) is 3.79. The summed E-state index contributed by atoms with van der Waals surface area (Å²) >= 11 is 0. The lowest BCUT2D eigenvalue weighted by Crippen LogP contribution is -2.34. The van der Waals surface area contributed by atoms with E-state index < -0.39 is 5.54 Å². The number of aromatic nitrogens is 2. The van der Waals surface area contributed by atoms with Crippen molar-refractivity contribution < 1.29 is 14.0 Å². The Hall–Kier alpha value is -2.34. The largest absolute Gasteiger partial charge is 0.493 e. The van der Waals surface area contributed by atoms with E-state index >= 15 is 0 Å². The lowest BCUT2D eigenvalue weighted by molar-refractivity contribution is 0.352. The van der Waals surface area contributed by atoms with Crippen LogP contribution in [-0.2, 0) is 12.0 Å². The Bertz CT molecular complexity index is 733. The summed E-state index contributed by atoms with van der Waals surface area (Å²) in [6.07, 6.45) is 6.43. The topological polar surface area (TPSA) is 83.4 Å². The van der Waals surface area contributed by atoms with E-state index in [9.17, 15) is 0 Å². The molecular formula is C18H23N3O3. The van der Waals surface area contributed by atoms with Crippen LogP contribution in [0.5, 0.6) is 11.5 Å². The van der Waals surface area contributed by atoms with Crippen molar-refractivity contribution in [2.45, 2.75) is 37.6 Å². The molecule has 1 fully saturated rings. The third kappa shape index (κ3) is 2.89. The molecule has 1 saturated carbocycles. The molecule has 24 heavy (non-hydrogen) atoms. The van der Waals surface area contributed by atoms with E-state index in [-0.39, 0.29) is 0 Å². The maximum Gasteiger partial charge on any atom is 0.258 e. The zero-order chi connectivity index (χ0) is 17.2. The van der Waals surface area contributed by atoms with Crippen LogP contribution in [0.15, 0.2) is 29.3 Å². The van der Waals surface area contributed by atoms with Crippen LogP contribution < -0.4 is 15.2 Å². The Morgan fingerprint density at radius 3 is 2.67 bits per heavy atom. The molecule has 1 aromatic carbocycles. The van der Waals surface area contributed by atoms with Gasteiger partial charge in [-0.25, -0.2) is 0 Å². The molecule has 128 valence electrons. The predicted octanol–water partition coefficient (Wildman–Crippen LogP) is 3.21. The second kappa shape index (κ2) is 6.65. The van der Waals surface area contributed by atoms with Crippen LogP contribution in [0.1, 0.15) is 37.1 Å². The molecule has 0 unspecified atom stereocenters. The van der Waals surface area contributed by atoms with Crippen molar-refractivity contribution in [2.24, 2.45) is 5.73 Å². The van der Waals surface area contributed by atoms with Crippen LogP contribution >= 0.6 is 0 Å². The molecule has 6 nitrogen and oxygen atoms in total. The van der Waals surface area contributed by atoms with Crippen LogP contribution in [0.4, 0.5) is 0 Å². The van der Waals surface area contributed by atoms with Gasteiger partial charge in [-0.2, -0.15) is 4.98 Å². The Morgan fingerprint density at radius 1 is 1.29 bits per heavy atom. The first-order chi connectivity index (χ1) is 11.6. The molecular weight excluding hydrogens is 306 g/mol. The summed E-state index contributed by atoms with van der Waals surface area (Å²) in [4.78, 5) is 4.54. The molecule has 1 aliphatic carbocycles. The van der Waals surface area contributed by atoms with Gasteiger partial charge in [0.15, 0.2) is 17.3 Å². The van der Waals surface area contributed by atoms with E-state index in [4.69, 9.17) is 19.7 Å². The molecule has 6 heteroatoms. The van der Waals surface area contributed by atoms with E-state index in [2.05, 4.69) is 16.7 Å². The van der Waals surface area contributed by atoms with E-state index in [1.165, 1.54) is 0 Å². The number of nitrogens with two attached hydrogens (primary N) is 1. The van der Waals surface area contributed by atoms with Gasteiger partial charge in [0.25, 0.3) is 5.89 Å². The van der Waals surface area contributed by atoms with E-state index in [0.717, 1.165) is 36.8 Å². The van der Waals surface area contributed by atoms with Crippen molar-refractivity contribution in [3.63, 3.8) is 0 Å². The summed E-state index contributed by atoms with van der Waals surface area (Å²) in [5, 5.41) is 4.12. The van der Waals surface area contributed by atoms with E-state index in [1.807, 2.05) is 18.2 Å². The van der Waals surface area contributed by atoms with Crippen LogP contribution in [0.25, 0.3) is 11.5 Å². The standard InChI is InChI=1S/C18H23N3O3/c1-4-7-12-10-13(11-14(22-2)15(12)23-3)16-20-17(21-24-16)18(19)8-5-6-9-18/h4,10-11H,1,5-9,19H2,2-3H3. The van der Waals surface area contributed by atoms with Crippen LogP contribution in [0.3, 0.4) is 0 Å². The summed E-state index contributed by atoms with van der Waals surface area (Å²) < 4.78 is 16.4. The number of ether oxygens (including phenoxy) is 2. The second-order valence-corrected chi connectivity index (χ2v) is 6.15. The lowest BCUT2D eigenvalue weighted by Gasteiger charge is -2.17. The highest BCUT2D eigenvalue weighted by molar-refractivity contribution is 5.63. The van der Waals surface area contributed by atoms with Gasteiger partial charge in [-0.1, -0.05) is 24.1 Å². The molecule has 0 radical (unpaired) electrons. The minimum atomic E-state index is -0.470. The fourth-order valence-electron chi connectivity index (χ4n) is 3.25. The number of hydrogen-bond acceptors (Lipinski definition) is 6. The van der Waals surface area contributed by atoms with Gasteiger partial charge in [0.1, 0.15) is 0 Å². The number of hydrogen-bond donors (Lipinski definition) is 1. The third-order valence-corrected chi connectivity index (χ3v) is 4.53. The predicted molar refractivity (Wildman–Crippen MR) is 91.1 cm³/mol. The lowest BCUT2D eigenvalue weighted by atomic mass is 9.98. The fourth-order valence-corrected chi connectivity index (χ4v) is 3.25. The monoisotopic (exact) mass is 329 g/mol. The highest BCUT2D eigenvalue weighted by Crippen LogP contribution is 2.38. The molecule has 2 N–H and O–H groups in total. The molecule has 1 aromatic heterocycles. The smallest absolute Gasteiger partial charge is 0.258 e. The summed E-state index contributed by atoms with van der Waals surface area (Å²) in [6, 6.07) is 3.79. The van der Waals surface area contributed by atoms with Crippen molar-refractivity contribution in [1.29, 1.82) is 0 Å². The molecule has 0 amide bonds. The van der Waals surface area contributed by atoms with Gasteiger partial charge in [0.05, 0.1) is 19.8 Å². The summed E-state index contributed by atoms with van der Waals surface area (Å²) in [5.74, 6) is 2.32. The highest BCUT2D eigenvalue weighted by Gasteiger charge is 2.36. The molecule has 0 bridgehead atoms. The number of methoxy groups -OCH3 is 2. The van der Waals surface area contributed by atoms with E-state index in [1.54, 1.807) is 14.2 Å². The van der Waals surface area contributed by atoms with Crippen LogP contribution in [0.2, 0.25) is 0 Å². The first kappa shape index (κ1) is 16.5. The van der Waals surface area contributed by atoms with Gasteiger partial charge < -0.3 is 19.7 Å². The van der Waals surface area contributed by atoms with Crippen molar-refractivity contribution in [3.05, 3.63) is 36.2 Å². The summed E-state index contributed by atoms with van der Waals surface area (Å²) in [7, 11) is 3.22. The minimum Gasteiger partial charge on any atom is -0.493 e. The van der Waals surface area contributed by atoms with Crippen LogP contribution in [-0.4, -0.2) is 24.4 Å². The molecule has 1 aliphatic rings. The van der Waals surface area contributed by atoms with Gasteiger partial charge in [-0.15, -0.1) is 6.58 Å². The molecule has 2 aromatic rings. The van der Waals surface area contributed by atoms with Crippen molar-refractivity contribution in [1.82, 2.24) is 10.1 Å². The Balaban J connectivity index is 2.01. The first-order valence-corrected chi connectivity index (χ1v) is 8.10. The van der Waals surface area contributed by atoms with Gasteiger partial charge in [-0.3, -0.25) is 0 Å². The quantitative estimate of drug-likeness (QED) is 0.819. The average Bonchev–Trinajstić information content (AvgIpc) is 3.24. The molecule has 0 spiro atoms. The maximum absolute atomic E-state index is 6.41. The SMILES string of the molecule is C=CCc1cc(-c2nc(C3(N)CCCC3)no2)cc(OC)c1OC. The first-order valence-electron chi connectivity index (χ1n) is 8.10. The number of rotatable bonds is 6. The zero-order valence-electron chi connectivity index (χ0n) is 14.2. The molecule has 0 aliphatic heterocycles. The zero-order valence-corrected chi connectivity index (χ0v) is 14.2. The van der Waals surface area contributed by atoms with E-state index in [0.29, 0.717) is 29.6 Å². The van der Waals surface area contributed by atoms with Crippen molar-refractivity contribution in [2.75, 3.05) is 14.2 Å². The number of nitrogens with zero attached hydrogens (tertiary/aromatic N) is 2. The minimum absolute atomic E-state index is 0.438. The highest BCUT2D eigenvalue weighted by atomic mass is 16.5. The number of benzene rings is 1. The van der Waals surface area contributed by atoms with Crippen LogP contribution in [0, 0.1) is 0 Å². The number of allylic oxidation sites excluding steroid dienone is 1. The molecule has 0 saturated heterocycles. The average molecular weight is 329 g/mol. The van der Waals surface area contributed by atoms with Crippen molar-refractivity contribution >= 4 is 0 Å². The molecule has 1 heterocycles.